The summed E-state index contributed by atoms with van der Waals surface area (Å²) in [5.74, 6) is -1.58. The lowest BCUT2D eigenvalue weighted by Crippen LogP contribution is -2.30. The minimum atomic E-state index is -4.93. The van der Waals surface area contributed by atoms with E-state index in [4.69, 9.17) is 32.3 Å². The van der Waals surface area contributed by atoms with Gasteiger partial charge in [0.2, 0.25) is 0 Å². The second kappa shape index (κ2) is 74.2. The lowest BCUT2D eigenvalue weighted by molar-refractivity contribution is -0.161. The number of rotatable bonds is 75. The van der Waals surface area contributed by atoms with Crippen molar-refractivity contribution in [1.29, 1.82) is 0 Å². The third-order valence-electron chi connectivity index (χ3n) is 16.8. The van der Waals surface area contributed by atoms with Crippen LogP contribution in [0, 0.1) is 0 Å². The van der Waals surface area contributed by atoms with Crippen LogP contribution in [0.2, 0.25) is 0 Å². The molecule has 99 heavy (non-hydrogen) atoms. The summed E-state index contributed by atoms with van der Waals surface area (Å²) in [6.45, 7) is 2.48. The largest absolute Gasteiger partial charge is 0.472 e. The molecule has 0 aromatic carbocycles. The fourth-order valence-corrected chi connectivity index (χ4v) is 12.4. The van der Waals surface area contributed by atoms with Gasteiger partial charge in [-0.25, -0.2) is 9.13 Å². The predicted octanol–water partition coefficient (Wildman–Crippen LogP) is 23.0. The third-order valence-corrected chi connectivity index (χ3v) is 18.7. The van der Waals surface area contributed by atoms with Crippen molar-refractivity contribution in [2.45, 2.75) is 360 Å². The molecule has 0 rings (SSSR count). The van der Waals surface area contributed by atoms with Gasteiger partial charge in [-0.15, -0.1) is 0 Å². The highest BCUT2D eigenvalue weighted by Crippen LogP contribution is 2.45. The monoisotopic (exact) mass is 1430 g/mol. The van der Waals surface area contributed by atoms with E-state index >= 15 is 0 Å². The number of carbonyl (C=O) groups excluding carboxylic acids is 3. The Balaban J connectivity index is 4.38. The van der Waals surface area contributed by atoms with Crippen LogP contribution in [0.5, 0.6) is 0 Å². The average molecular weight is 1440 g/mol. The van der Waals surface area contributed by atoms with E-state index in [1.165, 1.54) is 154 Å². The molecule has 0 saturated heterocycles. The van der Waals surface area contributed by atoms with Crippen molar-refractivity contribution in [2.75, 3.05) is 39.6 Å². The summed E-state index contributed by atoms with van der Waals surface area (Å²) in [5, 5.41) is 20.6. The molecule has 0 spiro atoms. The molecule has 0 bridgehead atoms. The molecular weight excluding hydrogens is 1290 g/mol. The molecule has 574 valence electrons. The predicted molar refractivity (Wildman–Crippen MR) is 408 cm³/mol. The smallest absolute Gasteiger partial charge is 0.463 e. The molecule has 5 unspecified atom stereocenters. The topological polar surface area (TPSA) is 231 Å². The van der Waals surface area contributed by atoms with E-state index in [1.54, 1.807) is 0 Å². The summed E-state index contributed by atoms with van der Waals surface area (Å²) in [4.78, 5) is 58.5. The van der Waals surface area contributed by atoms with Crippen LogP contribution < -0.4 is 0 Å². The van der Waals surface area contributed by atoms with Crippen LogP contribution in [0.25, 0.3) is 0 Å². The third kappa shape index (κ3) is 75.5. The molecule has 0 aliphatic heterocycles. The Hall–Kier alpha value is -3.53. The minimum Gasteiger partial charge on any atom is -0.463 e. The molecule has 0 aromatic heterocycles. The van der Waals surface area contributed by atoms with Gasteiger partial charge in [0.25, 0.3) is 0 Å². The van der Waals surface area contributed by atoms with E-state index in [-0.39, 0.29) is 19.3 Å². The number of aliphatic hydroxyl groups is 2. The fraction of sp³-hybridized carbons (Fsp3) is 0.765. The van der Waals surface area contributed by atoms with Crippen LogP contribution in [-0.2, 0) is 55.8 Å². The maximum atomic E-state index is 12.9. The second-order valence-corrected chi connectivity index (χ2v) is 29.4. The van der Waals surface area contributed by atoms with Crippen molar-refractivity contribution in [3.05, 3.63) is 97.2 Å². The number of carbonyl (C=O) groups is 3. The summed E-state index contributed by atoms with van der Waals surface area (Å²) in [6, 6.07) is 0. The zero-order valence-corrected chi connectivity index (χ0v) is 64.4. The summed E-state index contributed by atoms with van der Waals surface area (Å²) in [7, 11) is -9.78. The van der Waals surface area contributed by atoms with Gasteiger partial charge in [0, 0.05) is 19.3 Å². The molecule has 0 saturated carbocycles. The molecule has 0 radical (unpaired) electrons. The van der Waals surface area contributed by atoms with Gasteiger partial charge in [0.15, 0.2) is 6.10 Å². The van der Waals surface area contributed by atoms with Gasteiger partial charge in [-0.2, -0.15) is 0 Å². The number of ether oxygens (including phenoxy) is 3. The lowest BCUT2D eigenvalue weighted by Gasteiger charge is -2.21. The van der Waals surface area contributed by atoms with Gasteiger partial charge in [-0.05, 0) is 96.3 Å². The van der Waals surface area contributed by atoms with Crippen molar-refractivity contribution in [3.63, 3.8) is 0 Å². The minimum absolute atomic E-state index is 0.105. The van der Waals surface area contributed by atoms with E-state index < -0.39 is 91.5 Å². The number of unbranched alkanes of at least 4 members (excludes halogenated alkanes) is 36. The number of aliphatic hydroxyl groups excluding tert-OH is 2. The first-order valence-corrected chi connectivity index (χ1v) is 42.5. The Labute approximate surface area is 603 Å². The van der Waals surface area contributed by atoms with Crippen molar-refractivity contribution in [3.8, 4) is 0 Å². The summed E-state index contributed by atoms with van der Waals surface area (Å²) >= 11 is 0. The van der Waals surface area contributed by atoms with Gasteiger partial charge in [-0.3, -0.25) is 32.5 Å². The van der Waals surface area contributed by atoms with Crippen LogP contribution in [0.1, 0.15) is 342 Å². The van der Waals surface area contributed by atoms with Crippen molar-refractivity contribution >= 4 is 33.6 Å². The van der Waals surface area contributed by atoms with Crippen LogP contribution in [-0.4, -0.2) is 95.9 Å². The van der Waals surface area contributed by atoms with Crippen LogP contribution in [0.3, 0.4) is 0 Å². The molecule has 0 aromatic rings. The second-order valence-electron chi connectivity index (χ2n) is 26.5. The highest BCUT2D eigenvalue weighted by molar-refractivity contribution is 7.47. The van der Waals surface area contributed by atoms with E-state index in [9.17, 15) is 43.5 Å². The van der Waals surface area contributed by atoms with Gasteiger partial charge >= 0.3 is 33.6 Å². The maximum Gasteiger partial charge on any atom is 0.472 e. The zero-order chi connectivity index (χ0) is 72.3. The number of phosphoric ester groups is 2. The van der Waals surface area contributed by atoms with Crippen molar-refractivity contribution in [1.82, 2.24) is 0 Å². The molecule has 0 aliphatic carbocycles. The van der Waals surface area contributed by atoms with Crippen LogP contribution in [0.4, 0.5) is 0 Å². The highest BCUT2D eigenvalue weighted by atomic mass is 31.2. The quantitative estimate of drug-likeness (QED) is 0.0146. The molecule has 16 nitrogen and oxygen atoms in total. The van der Waals surface area contributed by atoms with Crippen LogP contribution >= 0.6 is 15.6 Å². The molecule has 0 aliphatic rings. The molecule has 18 heteroatoms. The fourth-order valence-electron chi connectivity index (χ4n) is 10.8. The van der Waals surface area contributed by atoms with E-state index in [2.05, 4.69) is 118 Å². The first kappa shape index (κ1) is 95.5. The number of allylic oxidation sites excluding steroid dienone is 16. The van der Waals surface area contributed by atoms with E-state index in [0.29, 0.717) is 19.3 Å². The molecule has 0 fully saturated rings. The molecule has 0 heterocycles. The van der Waals surface area contributed by atoms with Crippen molar-refractivity contribution < 1.29 is 75.8 Å². The Morgan fingerprint density at radius 3 is 0.848 bits per heavy atom. The first-order chi connectivity index (χ1) is 48.2. The Bertz CT molecular complexity index is 2190. The molecule has 5 atom stereocenters. The van der Waals surface area contributed by atoms with Gasteiger partial charge in [0.1, 0.15) is 25.4 Å². The van der Waals surface area contributed by atoms with Gasteiger partial charge in [0.05, 0.1) is 26.4 Å². The normalized spacial score (nSPS) is 14.5. The maximum absolute atomic E-state index is 12.9. The average Bonchev–Trinajstić information content (AvgIpc) is 1.43. The van der Waals surface area contributed by atoms with E-state index in [0.717, 1.165) is 128 Å². The number of hydrogen-bond donors (Lipinski definition) is 4. The summed E-state index contributed by atoms with van der Waals surface area (Å²) < 4.78 is 61.1. The Morgan fingerprint density at radius 1 is 0.293 bits per heavy atom. The summed E-state index contributed by atoms with van der Waals surface area (Å²) in [6.07, 6.45) is 84.8. The molecule has 4 N–H and O–H groups in total. The van der Waals surface area contributed by atoms with Gasteiger partial charge in [-0.1, -0.05) is 323 Å². The molecule has 0 amide bonds. The van der Waals surface area contributed by atoms with Gasteiger partial charge < -0.3 is 34.2 Å². The highest BCUT2D eigenvalue weighted by Gasteiger charge is 2.29. The summed E-state index contributed by atoms with van der Waals surface area (Å²) in [5.41, 5.74) is 0. The lowest BCUT2D eigenvalue weighted by atomic mass is 10.0. The standard InChI is InChI=1S/C81H144O16P2/c1-4-7-10-13-16-19-22-25-28-29-30-31-32-33-34-35-36-37-38-39-40-41-42-43-44-45-48-50-52-55-58-61-64-67-79(84)91-70-76(82)71-93-98(87,88)94-72-77(83)73-95-99(89,90)96-75-78(97-81(86)69-66-63-60-57-54-51-47-27-24-21-18-15-12-9-6-3)74-92-80(85)68-65-62-59-56-53-49-46-26-23-20-17-14-11-8-5-2/h7-8,10-11,16-17,19-20,25-26,28,30-31,33-34,46,76-78,82-83H,4-6,9,12-15,18,21-24,27,29,32,35-45,47-75H2,1-3H3,(H,87,88)(H,89,90)/b10-7-,11-8-,19-16-,20-17-,28-25-,31-30-,34-33-,46-26-. The first-order valence-electron chi connectivity index (χ1n) is 39.5. The van der Waals surface area contributed by atoms with Crippen LogP contribution in [0.15, 0.2) is 97.2 Å². The Morgan fingerprint density at radius 2 is 0.535 bits per heavy atom. The Kier molecular flexibility index (Phi) is 71.6. The van der Waals surface area contributed by atoms with E-state index in [1.807, 2.05) is 0 Å². The SMILES string of the molecule is CC/C=C\C/C=C\C/C=C\C/C=C\C/C=C\CCCCCCCCCCCCCCCCCCCC(=O)OCC(O)COP(=O)(O)OCC(O)COP(=O)(O)OCC(COC(=O)CCCCCCC/C=C\C/C=C\C/C=C\CC)OC(=O)CCCCCCCCCCCCCCCCC. The number of esters is 3. The number of hydrogen-bond acceptors (Lipinski definition) is 14. The zero-order valence-electron chi connectivity index (χ0n) is 62.6. The molecular formula is C81H144O16P2. The number of phosphoric acid groups is 2. The van der Waals surface area contributed by atoms with Crippen molar-refractivity contribution in [2.24, 2.45) is 0 Å².